The summed E-state index contributed by atoms with van der Waals surface area (Å²) in [7, 11) is -0.168. The molecule has 1 aliphatic carbocycles. The zero-order valence-electron chi connectivity index (χ0n) is 19.8. The second-order valence-corrected chi connectivity index (χ2v) is 10.8. The zero-order valence-corrected chi connectivity index (χ0v) is 20.6. The number of H-pyrrole nitrogens is 1. The Morgan fingerprint density at radius 1 is 1.20 bits per heavy atom. The van der Waals surface area contributed by atoms with Crippen molar-refractivity contribution in [3.63, 3.8) is 0 Å². The molecule has 0 radical (unpaired) electrons. The van der Waals surface area contributed by atoms with Gasteiger partial charge in [0.1, 0.15) is 17.2 Å². The van der Waals surface area contributed by atoms with Crippen LogP contribution in [0.3, 0.4) is 0 Å². The van der Waals surface area contributed by atoms with Gasteiger partial charge in [-0.25, -0.2) is 23.4 Å². The quantitative estimate of drug-likeness (QED) is 0.359. The van der Waals surface area contributed by atoms with Gasteiger partial charge in [-0.05, 0) is 31.9 Å². The number of amides is 1. The molecule has 1 fully saturated rings. The molecule has 4 aromatic rings. The van der Waals surface area contributed by atoms with Gasteiger partial charge in [-0.3, -0.25) is 9.10 Å². The number of sulfonamides is 1. The number of aromatic nitrogens is 5. The average Bonchev–Trinajstić information content (AvgIpc) is 3.46. The van der Waals surface area contributed by atoms with E-state index in [4.69, 9.17) is 0 Å². The number of benzene rings is 1. The lowest BCUT2D eigenvalue weighted by Crippen LogP contribution is -2.25. The number of anilines is 4. The molecule has 3 N–H and O–H groups in total. The van der Waals surface area contributed by atoms with Crippen molar-refractivity contribution in [2.24, 2.45) is 13.0 Å². The van der Waals surface area contributed by atoms with Crippen molar-refractivity contribution in [2.45, 2.75) is 19.8 Å². The first-order valence-electron chi connectivity index (χ1n) is 11.1. The minimum absolute atomic E-state index is 0.0272. The maximum Gasteiger partial charge on any atom is 0.232 e. The van der Waals surface area contributed by atoms with Crippen molar-refractivity contribution >= 4 is 50.0 Å². The van der Waals surface area contributed by atoms with Crippen LogP contribution in [0, 0.1) is 12.8 Å². The van der Waals surface area contributed by atoms with Crippen molar-refractivity contribution < 1.29 is 13.2 Å². The highest BCUT2D eigenvalue weighted by Crippen LogP contribution is 2.36. The van der Waals surface area contributed by atoms with Gasteiger partial charge >= 0.3 is 0 Å². The van der Waals surface area contributed by atoms with E-state index in [1.165, 1.54) is 11.4 Å². The predicted molar refractivity (Wildman–Crippen MR) is 135 cm³/mol. The summed E-state index contributed by atoms with van der Waals surface area (Å²) in [5, 5.41) is 6.20. The Morgan fingerprint density at radius 3 is 2.63 bits per heavy atom. The molecule has 182 valence electrons. The third kappa shape index (κ3) is 4.56. The van der Waals surface area contributed by atoms with E-state index in [-0.39, 0.29) is 11.8 Å². The minimum Gasteiger partial charge on any atom is -0.352 e. The number of hydrogen-bond acceptors (Lipinski definition) is 7. The summed E-state index contributed by atoms with van der Waals surface area (Å²) in [6.45, 7) is 1.82. The van der Waals surface area contributed by atoms with Crippen LogP contribution in [-0.4, -0.2) is 52.1 Å². The van der Waals surface area contributed by atoms with Crippen LogP contribution in [0.25, 0.3) is 22.4 Å². The number of carbonyl (C=O) groups excluding carboxylic acids is 1. The Morgan fingerprint density at radius 2 is 1.97 bits per heavy atom. The van der Waals surface area contributed by atoms with Gasteiger partial charge < -0.3 is 20.2 Å². The van der Waals surface area contributed by atoms with Crippen molar-refractivity contribution in [3.05, 3.63) is 42.6 Å². The molecule has 0 bridgehead atoms. The van der Waals surface area contributed by atoms with Gasteiger partial charge in [-0.1, -0.05) is 6.07 Å². The zero-order chi connectivity index (χ0) is 24.9. The van der Waals surface area contributed by atoms with E-state index in [1.54, 1.807) is 24.7 Å². The van der Waals surface area contributed by atoms with Crippen LogP contribution in [0.1, 0.15) is 18.7 Å². The molecule has 0 unspecified atom stereocenters. The van der Waals surface area contributed by atoms with Crippen LogP contribution in [0.5, 0.6) is 0 Å². The van der Waals surface area contributed by atoms with E-state index >= 15 is 0 Å². The lowest BCUT2D eigenvalue weighted by atomic mass is 10.1. The monoisotopic (exact) mass is 494 g/mol. The first-order chi connectivity index (χ1) is 16.6. The standard InChI is InChI=1S/C23H26N8O3S/c1-13-25-21-17(10-20(28-22(21)26-13)29-23(32)14-5-6-14)27-16-8-7-15(19-11-24-12-30(19)2)9-18(16)31(3)35(4,33)34/h7-12,14H,5-6H2,1-4H3,(H3,25,26,27,28,29,32). The SMILES string of the molecule is Cc1nc2nc(NC(=O)C3CC3)cc(Nc3ccc(-c4cncn4C)cc3N(C)S(C)(=O)=O)c2[nH]1. The number of carbonyl (C=O) groups is 1. The molecule has 0 saturated heterocycles. The van der Waals surface area contributed by atoms with Gasteiger partial charge in [0, 0.05) is 31.6 Å². The van der Waals surface area contributed by atoms with Crippen molar-refractivity contribution in [3.8, 4) is 11.3 Å². The molecule has 1 saturated carbocycles. The Kier molecular flexibility index (Phi) is 5.47. The second kappa shape index (κ2) is 8.38. The Bertz CT molecular complexity index is 1550. The molecular weight excluding hydrogens is 468 g/mol. The van der Waals surface area contributed by atoms with Crippen molar-refractivity contribution in [1.82, 2.24) is 24.5 Å². The molecule has 0 atom stereocenters. The summed E-state index contributed by atoms with van der Waals surface area (Å²) in [5.41, 5.74) is 4.38. The average molecular weight is 495 g/mol. The van der Waals surface area contributed by atoms with E-state index in [2.05, 4.69) is 30.6 Å². The lowest BCUT2D eigenvalue weighted by Gasteiger charge is -2.22. The number of fused-ring (bicyclic) bond motifs is 1. The number of aryl methyl sites for hydroxylation is 2. The first kappa shape index (κ1) is 22.8. The van der Waals surface area contributed by atoms with E-state index in [0.717, 1.165) is 30.4 Å². The topological polar surface area (TPSA) is 138 Å². The van der Waals surface area contributed by atoms with Gasteiger partial charge in [0.05, 0.1) is 41.5 Å². The second-order valence-electron chi connectivity index (χ2n) is 8.82. The number of pyridine rings is 1. The van der Waals surface area contributed by atoms with E-state index in [0.29, 0.717) is 39.9 Å². The van der Waals surface area contributed by atoms with Crippen molar-refractivity contribution in [1.29, 1.82) is 0 Å². The number of aromatic amines is 1. The molecule has 1 amide bonds. The number of nitrogens with one attached hydrogen (secondary N) is 3. The summed E-state index contributed by atoms with van der Waals surface area (Å²) < 4.78 is 28.0. The van der Waals surface area contributed by atoms with Crippen LogP contribution < -0.4 is 14.9 Å². The van der Waals surface area contributed by atoms with Crippen molar-refractivity contribution in [2.75, 3.05) is 28.2 Å². The molecule has 0 spiro atoms. The fourth-order valence-electron chi connectivity index (χ4n) is 3.86. The number of hydrogen-bond donors (Lipinski definition) is 3. The molecule has 11 nitrogen and oxygen atoms in total. The third-order valence-electron chi connectivity index (χ3n) is 6.00. The highest BCUT2D eigenvalue weighted by atomic mass is 32.2. The number of nitrogens with zero attached hydrogens (tertiary/aromatic N) is 5. The van der Waals surface area contributed by atoms with Gasteiger partial charge in [0.2, 0.25) is 15.9 Å². The molecule has 1 aromatic carbocycles. The predicted octanol–water partition coefficient (Wildman–Crippen LogP) is 3.15. The van der Waals surface area contributed by atoms with Gasteiger partial charge in [0.15, 0.2) is 5.65 Å². The summed E-state index contributed by atoms with van der Waals surface area (Å²) in [5.74, 6) is 1.02. The molecule has 3 heterocycles. The lowest BCUT2D eigenvalue weighted by molar-refractivity contribution is -0.117. The van der Waals surface area contributed by atoms with Crippen LogP contribution in [0.15, 0.2) is 36.8 Å². The summed E-state index contributed by atoms with van der Waals surface area (Å²) in [6.07, 6.45) is 6.33. The Balaban J connectivity index is 1.60. The van der Waals surface area contributed by atoms with Gasteiger partial charge in [-0.15, -0.1) is 0 Å². The van der Waals surface area contributed by atoms with E-state index in [9.17, 15) is 13.2 Å². The Hall–Kier alpha value is -3.93. The summed E-state index contributed by atoms with van der Waals surface area (Å²) in [6, 6.07) is 7.23. The third-order valence-corrected chi connectivity index (χ3v) is 7.19. The number of imidazole rings is 2. The maximum absolute atomic E-state index is 12.5. The first-order valence-corrected chi connectivity index (χ1v) is 12.9. The molecule has 0 aliphatic heterocycles. The normalized spacial score (nSPS) is 13.7. The molecule has 5 rings (SSSR count). The molecule has 12 heteroatoms. The Labute approximate surface area is 202 Å². The van der Waals surface area contributed by atoms with Crippen LogP contribution in [0.4, 0.5) is 22.9 Å². The fourth-order valence-corrected chi connectivity index (χ4v) is 4.36. The molecular formula is C23H26N8O3S. The van der Waals surface area contributed by atoms with E-state index in [1.807, 2.05) is 30.7 Å². The fraction of sp³-hybridized carbons (Fsp3) is 0.304. The van der Waals surface area contributed by atoms with Crippen LogP contribution >= 0.6 is 0 Å². The molecule has 1 aliphatic rings. The highest BCUT2D eigenvalue weighted by Gasteiger charge is 2.30. The largest absolute Gasteiger partial charge is 0.352 e. The maximum atomic E-state index is 12.5. The number of rotatable bonds is 7. The minimum atomic E-state index is -3.55. The summed E-state index contributed by atoms with van der Waals surface area (Å²) >= 11 is 0. The van der Waals surface area contributed by atoms with E-state index < -0.39 is 10.0 Å². The highest BCUT2D eigenvalue weighted by molar-refractivity contribution is 7.92. The van der Waals surface area contributed by atoms with Crippen LogP contribution in [-0.2, 0) is 21.9 Å². The summed E-state index contributed by atoms with van der Waals surface area (Å²) in [4.78, 5) is 28.6. The molecule has 35 heavy (non-hydrogen) atoms. The van der Waals surface area contributed by atoms with Gasteiger partial charge in [-0.2, -0.15) is 0 Å². The van der Waals surface area contributed by atoms with Gasteiger partial charge in [0.25, 0.3) is 0 Å². The smallest absolute Gasteiger partial charge is 0.232 e. The molecule has 3 aromatic heterocycles. The van der Waals surface area contributed by atoms with Crippen LogP contribution in [0.2, 0.25) is 0 Å².